The van der Waals surface area contributed by atoms with Crippen LogP contribution in [0.5, 0.6) is 0 Å². The van der Waals surface area contributed by atoms with Crippen molar-refractivity contribution in [1.82, 2.24) is 9.80 Å². The number of amides is 3. The van der Waals surface area contributed by atoms with Crippen LogP contribution in [0, 0.1) is 11.8 Å². The normalized spacial score (nSPS) is 29.1. The minimum Gasteiger partial charge on any atom is -0.395 e. The molecule has 4 rings (SSSR count). The Kier molecular flexibility index (Phi) is 7.12. The molecule has 1 spiro atoms. The van der Waals surface area contributed by atoms with Crippen molar-refractivity contribution in [2.75, 3.05) is 38.2 Å². The fraction of sp³-hybridized carbons (Fsp3) is 0.480. The van der Waals surface area contributed by atoms with Gasteiger partial charge in [0.15, 0.2) is 0 Å². The summed E-state index contributed by atoms with van der Waals surface area (Å²) in [5.41, 5.74) is 0.654. The van der Waals surface area contributed by atoms with Gasteiger partial charge in [-0.15, -0.1) is 24.9 Å². The predicted octanol–water partition coefficient (Wildman–Crippen LogP) is 2.59. The largest absolute Gasteiger partial charge is 0.395 e. The van der Waals surface area contributed by atoms with Crippen molar-refractivity contribution in [1.29, 1.82) is 0 Å². The average Bonchev–Trinajstić information content (AvgIpc) is 3.45. The number of benzene rings is 1. The molecule has 0 radical (unpaired) electrons. The summed E-state index contributed by atoms with van der Waals surface area (Å²) >= 11 is 7.66. The lowest BCUT2D eigenvalue weighted by molar-refractivity contribution is -0.143. The van der Waals surface area contributed by atoms with E-state index in [-0.39, 0.29) is 42.7 Å². The van der Waals surface area contributed by atoms with Gasteiger partial charge in [0.2, 0.25) is 11.8 Å². The van der Waals surface area contributed by atoms with Gasteiger partial charge in [0.25, 0.3) is 5.91 Å². The summed E-state index contributed by atoms with van der Waals surface area (Å²) in [6.45, 7) is 7.96. The Bertz CT molecular complexity index is 1000. The standard InChI is InChI=1S/C25H30ClN3O4S/c1-4-12-27(3)22(31)19-18-10-11-25(34-18)20(19)23(32)29(14-15-30)21(25)24(33)28(13-5-2)17-8-6-16(26)7-9-17/h4-9,18-21,30H,1-2,10-15H2,3H3/t18-,19+,20+,21?,25?/m1/s1. The maximum Gasteiger partial charge on any atom is 0.251 e. The second-order valence-electron chi connectivity index (χ2n) is 9.03. The Morgan fingerprint density at radius 1 is 1.24 bits per heavy atom. The summed E-state index contributed by atoms with van der Waals surface area (Å²) in [4.78, 5) is 45.9. The zero-order valence-corrected chi connectivity index (χ0v) is 20.8. The quantitative estimate of drug-likeness (QED) is 0.524. The molecule has 182 valence electrons. The number of nitrogens with zero attached hydrogens (tertiary/aromatic N) is 3. The van der Waals surface area contributed by atoms with E-state index in [1.807, 2.05) is 0 Å². The first-order valence-electron chi connectivity index (χ1n) is 11.4. The second kappa shape index (κ2) is 9.76. The highest BCUT2D eigenvalue weighted by molar-refractivity contribution is 8.02. The van der Waals surface area contributed by atoms with Crippen molar-refractivity contribution >= 4 is 46.8 Å². The minimum absolute atomic E-state index is 0.0105. The van der Waals surface area contributed by atoms with E-state index in [0.29, 0.717) is 23.7 Å². The van der Waals surface area contributed by atoms with Crippen molar-refractivity contribution < 1.29 is 19.5 Å². The molecule has 3 heterocycles. The molecule has 1 aromatic carbocycles. The molecule has 2 unspecified atom stereocenters. The van der Waals surface area contributed by atoms with Crippen molar-refractivity contribution in [3.8, 4) is 0 Å². The number of hydrogen-bond donors (Lipinski definition) is 1. The molecule has 5 atom stereocenters. The highest BCUT2D eigenvalue weighted by Crippen LogP contribution is 2.66. The monoisotopic (exact) mass is 503 g/mol. The molecule has 9 heteroatoms. The van der Waals surface area contributed by atoms with Crippen LogP contribution in [-0.4, -0.2) is 82.0 Å². The number of β-amino-alcohol motifs (C(OH)–C–C–N with tert-alkyl or cyclic N) is 1. The van der Waals surface area contributed by atoms with E-state index in [1.165, 1.54) is 4.90 Å². The van der Waals surface area contributed by atoms with Gasteiger partial charge in [0, 0.05) is 42.6 Å². The Labute approximate surface area is 209 Å². The molecule has 7 nitrogen and oxygen atoms in total. The van der Waals surface area contributed by atoms with E-state index >= 15 is 0 Å². The van der Waals surface area contributed by atoms with Gasteiger partial charge in [-0.2, -0.15) is 0 Å². The van der Waals surface area contributed by atoms with Crippen LogP contribution >= 0.6 is 23.4 Å². The predicted molar refractivity (Wildman–Crippen MR) is 135 cm³/mol. The Morgan fingerprint density at radius 3 is 2.53 bits per heavy atom. The van der Waals surface area contributed by atoms with Gasteiger partial charge < -0.3 is 19.8 Å². The molecule has 3 fully saturated rings. The molecule has 2 bridgehead atoms. The first kappa shape index (κ1) is 24.8. The molecule has 34 heavy (non-hydrogen) atoms. The topological polar surface area (TPSA) is 81.2 Å². The molecule has 1 aromatic rings. The van der Waals surface area contributed by atoms with Crippen LogP contribution in [0.4, 0.5) is 5.69 Å². The van der Waals surface area contributed by atoms with Crippen LogP contribution in [-0.2, 0) is 14.4 Å². The van der Waals surface area contributed by atoms with E-state index < -0.39 is 22.6 Å². The van der Waals surface area contributed by atoms with Gasteiger partial charge in [0.1, 0.15) is 6.04 Å². The van der Waals surface area contributed by atoms with Crippen LogP contribution < -0.4 is 4.90 Å². The van der Waals surface area contributed by atoms with Crippen LogP contribution in [0.1, 0.15) is 12.8 Å². The summed E-state index contributed by atoms with van der Waals surface area (Å²) in [5, 5.41) is 10.3. The van der Waals surface area contributed by atoms with Crippen molar-refractivity contribution in [2.24, 2.45) is 11.8 Å². The van der Waals surface area contributed by atoms with Crippen LogP contribution in [0.15, 0.2) is 49.6 Å². The Balaban J connectivity index is 1.74. The summed E-state index contributed by atoms with van der Waals surface area (Å²) in [6.07, 6.45) is 4.75. The third-order valence-corrected chi connectivity index (χ3v) is 9.36. The summed E-state index contributed by atoms with van der Waals surface area (Å²) < 4.78 is -0.699. The Hall–Kier alpha value is -2.29. The van der Waals surface area contributed by atoms with Gasteiger partial charge in [-0.25, -0.2) is 0 Å². The first-order chi connectivity index (χ1) is 16.3. The van der Waals surface area contributed by atoms with Crippen LogP contribution in [0.25, 0.3) is 0 Å². The highest BCUT2D eigenvalue weighted by Gasteiger charge is 2.73. The number of fused-ring (bicyclic) bond motifs is 1. The zero-order chi connectivity index (χ0) is 24.6. The molecular formula is C25H30ClN3O4S. The van der Waals surface area contributed by atoms with Gasteiger partial charge in [-0.1, -0.05) is 23.8 Å². The number of carbonyl (C=O) groups excluding carboxylic acids is 3. The molecule has 0 saturated carbocycles. The number of aliphatic hydroxyl groups excluding tert-OH is 1. The average molecular weight is 504 g/mol. The lowest BCUT2D eigenvalue weighted by Gasteiger charge is -2.37. The highest BCUT2D eigenvalue weighted by atomic mass is 35.5. The lowest BCUT2D eigenvalue weighted by atomic mass is 9.70. The van der Waals surface area contributed by atoms with E-state index in [2.05, 4.69) is 13.2 Å². The molecule has 3 saturated heterocycles. The second-order valence-corrected chi connectivity index (χ2v) is 11.1. The maximum atomic E-state index is 14.1. The number of halogens is 1. The number of hydrogen-bond acceptors (Lipinski definition) is 5. The smallest absolute Gasteiger partial charge is 0.251 e. The molecular weight excluding hydrogens is 474 g/mol. The van der Waals surface area contributed by atoms with Gasteiger partial charge >= 0.3 is 0 Å². The van der Waals surface area contributed by atoms with Crippen molar-refractivity contribution in [3.05, 3.63) is 54.6 Å². The molecule has 1 N–H and O–H groups in total. The molecule has 3 aliphatic rings. The molecule has 0 aliphatic carbocycles. The third-order valence-electron chi connectivity index (χ3n) is 7.16. The van der Waals surface area contributed by atoms with Gasteiger partial charge in [0.05, 0.1) is 23.2 Å². The van der Waals surface area contributed by atoms with E-state index in [9.17, 15) is 19.5 Å². The molecule has 3 aliphatic heterocycles. The zero-order valence-electron chi connectivity index (χ0n) is 19.2. The number of likely N-dealkylation sites (tertiary alicyclic amines) is 1. The SMILES string of the molecule is C=CCN(C)C(=O)[C@@H]1[C@H]2C(=O)N(CCO)C(C(=O)N(CC=C)c3ccc(Cl)cc3)C23CC[C@H]1S3. The number of thioether (sulfide) groups is 1. The van der Waals surface area contributed by atoms with E-state index in [4.69, 9.17) is 11.6 Å². The van der Waals surface area contributed by atoms with Gasteiger partial charge in [-0.05, 0) is 37.1 Å². The Morgan fingerprint density at radius 2 is 1.91 bits per heavy atom. The third kappa shape index (κ3) is 3.85. The van der Waals surface area contributed by atoms with Crippen molar-refractivity contribution in [2.45, 2.75) is 28.9 Å². The van der Waals surface area contributed by atoms with E-state index in [1.54, 1.807) is 65.0 Å². The maximum absolute atomic E-state index is 14.1. The summed E-state index contributed by atoms with van der Waals surface area (Å²) in [6, 6.07) is 6.19. The molecule has 3 amide bonds. The van der Waals surface area contributed by atoms with E-state index in [0.717, 1.165) is 6.42 Å². The first-order valence-corrected chi connectivity index (χ1v) is 12.7. The fourth-order valence-electron chi connectivity index (χ4n) is 5.82. The number of carbonyl (C=O) groups is 3. The minimum atomic E-state index is -0.773. The van der Waals surface area contributed by atoms with Crippen LogP contribution in [0.3, 0.4) is 0 Å². The number of likely N-dealkylation sites (N-methyl/N-ethyl adjacent to an activating group) is 1. The number of rotatable bonds is 9. The summed E-state index contributed by atoms with van der Waals surface area (Å²) in [7, 11) is 1.72. The fourth-order valence-corrected chi connectivity index (χ4v) is 8.15. The van der Waals surface area contributed by atoms with Gasteiger partial charge in [-0.3, -0.25) is 14.4 Å². The van der Waals surface area contributed by atoms with Crippen LogP contribution in [0.2, 0.25) is 5.02 Å². The molecule has 0 aromatic heterocycles. The van der Waals surface area contributed by atoms with Crippen molar-refractivity contribution in [3.63, 3.8) is 0 Å². The number of aliphatic hydroxyl groups is 1. The number of anilines is 1. The summed E-state index contributed by atoms with van der Waals surface area (Å²) in [5.74, 6) is -1.62. The lowest BCUT2D eigenvalue weighted by Crippen LogP contribution is -2.55.